The molecule has 3 rings (SSSR count). The van der Waals surface area contributed by atoms with Gasteiger partial charge in [-0.15, -0.1) is 5.10 Å². The maximum Gasteiger partial charge on any atom is 0.355 e. The third-order valence-electron chi connectivity index (χ3n) is 4.33. The molecule has 11 nitrogen and oxygen atoms in total. The zero-order valence-corrected chi connectivity index (χ0v) is 17.2. The second kappa shape index (κ2) is 9.65. The van der Waals surface area contributed by atoms with Crippen LogP contribution in [0.2, 0.25) is 0 Å². The minimum Gasteiger partial charge on any atom is -0.462 e. The molecule has 0 aliphatic heterocycles. The number of benzene rings is 1. The fraction of sp³-hybridized carbons (Fsp3) is 0.300. The number of hydrogen-bond acceptors (Lipinski definition) is 9. The molecule has 2 aromatic heterocycles. The summed E-state index contributed by atoms with van der Waals surface area (Å²) in [7, 11) is 0. The second-order valence-electron chi connectivity index (χ2n) is 6.30. The van der Waals surface area contributed by atoms with Crippen LogP contribution in [0.3, 0.4) is 0 Å². The number of aromatic amines is 1. The minimum absolute atomic E-state index is 0.108. The molecule has 0 unspecified atom stereocenters. The molecule has 3 aromatic rings. The highest BCUT2D eigenvalue weighted by atomic mass is 16.5. The Balaban J connectivity index is 1.82. The molecular weight excluding hydrogens is 406 g/mol. The van der Waals surface area contributed by atoms with E-state index in [4.69, 9.17) is 14.2 Å². The zero-order chi connectivity index (χ0) is 22.4. The van der Waals surface area contributed by atoms with E-state index in [2.05, 4.69) is 20.5 Å². The van der Waals surface area contributed by atoms with E-state index in [0.29, 0.717) is 11.3 Å². The fourth-order valence-electron chi connectivity index (χ4n) is 2.93. The van der Waals surface area contributed by atoms with Gasteiger partial charge in [-0.25, -0.2) is 19.1 Å². The van der Waals surface area contributed by atoms with Crippen molar-refractivity contribution < 1.29 is 28.6 Å². The molecule has 0 atom stereocenters. The highest BCUT2D eigenvalue weighted by molar-refractivity contribution is 5.98. The number of nitrogens with one attached hydrogen (secondary N) is 1. The van der Waals surface area contributed by atoms with Crippen LogP contribution >= 0.6 is 0 Å². The lowest BCUT2D eigenvalue weighted by molar-refractivity contribution is 0.0445. The molecule has 0 radical (unpaired) electrons. The van der Waals surface area contributed by atoms with Crippen molar-refractivity contribution in [3.05, 3.63) is 58.7 Å². The Morgan fingerprint density at radius 2 is 1.77 bits per heavy atom. The summed E-state index contributed by atoms with van der Waals surface area (Å²) in [4.78, 5) is 40.0. The van der Waals surface area contributed by atoms with Gasteiger partial charge in [0.15, 0.2) is 0 Å². The maximum atomic E-state index is 12.6. The first kappa shape index (κ1) is 21.7. The summed E-state index contributed by atoms with van der Waals surface area (Å²) >= 11 is 0. The van der Waals surface area contributed by atoms with E-state index in [-0.39, 0.29) is 42.3 Å². The van der Waals surface area contributed by atoms with Crippen molar-refractivity contribution in [1.29, 1.82) is 0 Å². The number of H-pyrrole nitrogens is 1. The van der Waals surface area contributed by atoms with Gasteiger partial charge in [-0.3, -0.25) is 0 Å². The van der Waals surface area contributed by atoms with Gasteiger partial charge < -0.3 is 19.2 Å². The van der Waals surface area contributed by atoms with Gasteiger partial charge in [0.25, 0.3) is 0 Å². The highest BCUT2D eigenvalue weighted by Gasteiger charge is 2.26. The van der Waals surface area contributed by atoms with Crippen LogP contribution in [0.1, 0.15) is 56.3 Å². The van der Waals surface area contributed by atoms with Crippen LogP contribution in [0.15, 0.2) is 30.6 Å². The molecule has 1 aromatic carbocycles. The van der Waals surface area contributed by atoms with Crippen LogP contribution in [0.4, 0.5) is 0 Å². The van der Waals surface area contributed by atoms with E-state index < -0.39 is 17.9 Å². The molecule has 0 saturated carbocycles. The Labute approximate surface area is 177 Å². The molecule has 0 saturated heterocycles. The van der Waals surface area contributed by atoms with Gasteiger partial charge in [0.1, 0.15) is 18.6 Å². The number of ether oxygens (including phenoxy) is 3. The summed E-state index contributed by atoms with van der Waals surface area (Å²) in [6.45, 7) is 4.99. The van der Waals surface area contributed by atoms with Crippen molar-refractivity contribution in [2.24, 2.45) is 0 Å². The fourth-order valence-corrected chi connectivity index (χ4v) is 2.93. The van der Waals surface area contributed by atoms with Crippen LogP contribution in [0, 0.1) is 6.92 Å². The zero-order valence-electron chi connectivity index (χ0n) is 17.2. The summed E-state index contributed by atoms with van der Waals surface area (Å²) in [5.41, 5.74) is 1.69. The van der Waals surface area contributed by atoms with Gasteiger partial charge in [0.05, 0.1) is 35.7 Å². The number of aromatic nitrogens is 5. The Morgan fingerprint density at radius 1 is 1.03 bits per heavy atom. The quantitative estimate of drug-likeness (QED) is 0.422. The normalized spacial score (nSPS) is 10.5. The van der Waals surface area contributed by atoms with Crippen LogP contribution in [-0.2, 0) is 20.8 Å². The molecule has 0 fully saturated rings. The van der Waals surface area contributed by atoms with Crippen molar-refractivity contribution in [2.75, 3.05) is 13.2 Å². The van der Waals surface area contributed by atoms with Crippen LogP contribution in [-0.4, -0.2) is 56.3 Å². The number of carbonyl (C=O) groups excluding carboxylic acids is 3. The van der Waals surface area contributed by atoms with Gasteiger partial charge in [0.2, 0.25) is 0 Å². The largest absolute Gasteiger partial charge is 0.462 e. The van der Waals surface area contributed by atoms with Crippen LogP contribution in [0.5, 0.6) is 0 Å². The van der Waals surface area contributed by atoms with Gasteiger partial charge in [0, 0.05) is 0 Å². The molecular formula is C20H21N5O6. The van der Waals surface area contributed by atoms with Crippen LogP contribution in [0.25, 0.3) is 5.69 Å². The minimum atomic E-state index is -0.630. The highest BCUT2D eigenvalue weighted by Crippen LogP contribution is 2.22. The third-order valence-corrected chi connectivity index (χ3v) is 4.33. The van der Waals surface area contributed by atoms with E-state index in [1.54, 1.807) is 45.0 Å². The average Bonchev–Trinajstić information content (AvgIpc) is 3.40. The maximum absolute atomic E-state index is 12.6. The van der Waals surface area contributed by atoms with E-state index in [1.165, 1.54) is 11.0 Å². The third kappa shape index (κ3) is 4.77. The Bertz CT molecular complexity index is 1090. The summed E-state index contributed by atoms with van der Waals surface area (Å²) in [6, 6.07) is 6.53. The van der Waals surface area contributed by atoms with Crippen molar-refractivity contribution >= 4 is 17.9 Å². The summed E-state index contributed by atoms with van der Waals surface area (Å²) < 4.78 is 16.9. The predicted molar refractivity (Wildman–Crippen MR) is 106 cm³/mol. The molecule has 2 heterocycles. The number of carbonyl (C=O) groups is 3. The van der Waals surface area contributed by atoms with E-state index in [9.17, 15) is 14.4 Å². The summed E-state index contributed by atoms with van der Waals surface area (Å²) in [5, 5.41) is 10.9. The second-order valence-corrected chi connectivity index (χ2v) is 6.30. The van der Waals surface area contributed by atoms with Gasteiger partial charge >= 0.3 is 17.9 Å². The van der Waals surface area contributed by atoms with Crippen molar-refractivity contribution in [3.63, 3.8) is 0 Å². The van der Waals surface area contributed by atoms with Crippen molar-refractivity contribution in [2.45, 2.75) is 27.4 Å². The lowest BCUT2D eigenvalue weighted by Crippen LogP contribution is -2.11. The monoisotopic (exact) mass is 427 g/mol. The molecule has 0 aliphatic rings. The van der Waals surface area contributed by atoms with Gasteiger partial charge in [-0.2, -0.15) is 0 Å². The van der Waals surface area contributed by atoms with E-state index in [0.717, 1.165) is 0 Å². The SMILES string of the molecule is CCOC(=O)c1[nH]c(COC(=O)c2cccc(-n3cnnn3)c2)c(C(=O)OCC)c1C. The van der Waals surface area contributed by atoms with Crippen molar-refractivity contribution in [3.8, 4) is 5.69 Å². The number of esters is 3. The Hall–Kier alpha value is -4.02. The van der Waals surface area contributed by atoms with Gasteiger partial charge in [-0.1, -0.05) is 6.07 Å². The molecule has 0 amide bonds. The topological polar surface area (TPSA) is 138 Å². The lowest BCUT2D eigenvalue weighted by Gasteiger charge is -2.08. The molecule has 0 spiro atoms. The standard InChI is InChI=1S/C20H21N5O6/c1-4-29-19(27)16-12(3)17(20(28)30-5-2)22-15(16)10-31-18(26)13-7-6-8-14(9-13)25-11-21-23-24-25/h6-9,11,22H,4-5,10H2,1-3H3. The Kier molecular flexibility index (Phi) is 6.75. The van der Waals surface area contributed by atoms with E-state index >= 15 is 0 Å². The van der Waals surface area contributed by atoms with Crippen molar-refractivity contribution in [1.82, 2.24) is 25.2 Å². The molecule has 1 N–H and O–H groups in total. The molecule has 0 bridgehead atoms. The predicted octanol–water partition coefficient (Wildman–Crippen LogP) is 2.01. The molecule has 162 valence electrons. The average molecular weight is 427 g/mol. The summed E-state index contributed by atoms with van der Waals surface area (Å²) in [6.07, 6.45) is 1.40. The first-order chi connectivity index (χ1) is 15.0. The number of tetrazole rings is 1. The van der Waals surface area contributed by atoms with Crippen LogP contribution < -0.4 is 0 Å². The van der Waals surface area contributed by atoms with E-state index in [1.807, 2.05) is 0 Å². The number of nitrogens with zero attached hydrogens (tertiary/aromatic N) is 4. The lowest BCUT2D eigenvalue weighted by atomic mass is 10.1. The molecule has 31 heavy (non-hydrogen) atoms. The summed E-state index contributed by atoms with van der Waals surface area (Å²) in [5.74, 6) is -1.87. The van der Waals surface area contributed by atoms with Gasteiger partial charge in [-0.05, 0) is 55.0 Å². The number of hydrogen-bond donors (Lipinski definition) is 1. The number of rotatable bonds is 8. The smallest absolute Gasteiger partial charge is 0.355 e. The first-order valence-corrected chi connectivity index (χ1v) is 9.52. The Morgan fingerprint density at radius 3 is 2.45 bits per heavy atom. The first-order valence-electron chi connectivity index (χ1n) is 9.52. The molecule has 0 aliphatic carbocycles. The molecule has 11 heteroatoms.